The molecule has 7 heteroatoms. The molecule has 0 saturated heterocycles. The molecule has 44 heavy (non-hydrogen) atoms. The van der Waals surface area contributed by atoms with E-state index in [0.29, 0.717) is 10.8 Å². The lowest BCUT2D eigenvalue weighted by molar-refractivity contribution is 0.390. The molecule has 0 aromatic heterocycles. The van der Waals surface area contributed by atoms with E-state index in [4.69, 9.17) is 8.37 Å². The van der Waals surface area contributed by atoms with Crippen molar-refractivity contribution in [2.75, 3.05) is 6.26 Å². The molecule has 1 N–H and O–H groups in total. The lowest BCUT2D eigenvalue weighted by Gasteiger charge is -2.23. The van der Waals surface area contributed by atoms with Crippen LogP contribution in [0.5, 0.6) is 11.5 Å². The fraction of sp³-hybridized carbons (Fsp3) is 0.0811. The summed E-state index contributed by atoms with van der Waals surface area (Å²) in [4.78, 5) is 0. The lowest BCUT2D eigenvalue weighted by Crippen LogP contribution is -2.08. The van der Waals surface area contributed by atoms with Gasteiger partial charge in [0, 0.05) is 38.6 Å². The number of rotatable bonds is 4. The van der Waals surface area contributed by atoms with Gasteiger partial charge in [-0.25, -0.2) is 0 Å². The van der Waals surface area contributed by atoms with Crippen LogP contribution in [0.4, 0.5) is 0 Å². The third-order valence-electron chi connectivity index (χ3n) is 9.27. The first-order valence-corrected chi connectivity index (χ1v) is 16.8. The van der Waals surface area contributed by atoms with Crippen LogP contribution in [0.25, 0.3) is 86.2 Å². The fourth-order valence-electron chi connectivity index (χ4n) is 7.80. The molecule has 0 atom stereocenters. The highest BCUT2D eigenvalue weighted by Gasteiger charge is 2.25. The van der Waals surface area contributed by atoms with Crippen molar-refractivity contribution in [2.45, 2.75) is 13.8 Å². The molecular weight excluding hydrogens is 589 g/mol. The molecule has 0 aliphatic carbocycles. The minimum absolute atomic E-state index is 0.135. The summed E-state index contributed by atoms with van der Waals surface area (Å²) in [5, 5.41) is 16.5. The Morgan fingerprint density at radius 1 is 0.523 bits per heavy atom. The van der Waals surface area contributed by atoms with E-state index >= 15 is 0 Å². The van der Waals surface area contributed by atoms with Gasteiger partial charge in [0.1, 0.15) is 0 Å². The molecule has 0 heterocycles. The molecular formula is C37H24O5S2. The Kier molecular flexibility index (Phi) is 5.15. The molecule has 0 bridgehead atoms. The first kappa shape index (κ1) is 25.9. The van der Waals surface area contributed by atoms with Gasteiger partial charge in [-0.15, -0.1) is 0 Å². The van der Waals surface area contributed by atoms with Crippen LogP contribution in [-0.4, -0.2) is 19.2 Å². The molecule has 0 fully saturated rings. The van der Waals surface area contributed by atoms with Gasteiger partial charge < -0.3 is 8.37 Å². The van der Waals surface area contributed by atoms with Crippen LogP contribution in [0.3, 0.4) is 0 Å². The van der Waals surface area contributed by atoms with Crippen molar-refractivity contribution in [3.8, 4) is 11.5 Å². The van der Waals surface area contributed by atoms with Crippen LogP contribution in [0.2, 0.25) is 0 Å². The SMILES string of the molecule is CSOc1c2ccccc2c2c(C)cc3c4ccc5c(OS(=O)(=O)O)c6ccccc6c6c(C)cc(c7ccc1c2c37)c4c56. The molecule has 0 saturated carbocycles. The maximum Gasteiger partial charge on any atom is 0.446 e. The third-order valence-corrected chi connectivity index (χ3v) is 9.98. The summed E-state index contributed by atoms with van der Waals surface area (Å²) in [6.45, 7) is 4.28. The van der Waals surface area contributed by atoms with Gasteiger partial charge in [-0.2, -0.15) is 8.42 Å². The van der Waals surface area contributed by atoms with E-state index < -0.39 is 10.4 Å². The minimum Gasteiger partial charge on any atom is -0.425 e. The van der Waals surface area contributed by atoms with Crippen molar-refractivity contribution in [3.05, 3.63) is 96.1 Å². The van der Waals surface area contributed by atoms with Crippen LogP contribution in [0, 0.1) is 13.8 Å². The predicted molar refractivity (Wildman–Crippen MR) is 185 cm³/mol. The van der Waals surface area contributed by atoms with Gasteiger partial charge >= 0.3 is 10.4 Å². The average molecular weight is 613 g/mol. The zero-order chi connectivity index (χ0) is 30.1. The van der Waals surface area contributed by atoms with Gasteiger partial charge in [0.2, 0.25) is 0 Å². The molecule has 9 aromatic carbocycles. The number of fused-ring (bicyclic) bond motifs is 6. The zero-order valence-corrected chi connectivity index (χ0v) is 25.6. The average Bonchev–Trinajstić information content (AvgIpc) is 3.01. The van der Waals surface area contributed by atoms with Crippen LogP contribution >= 0.6 is 12.0 Å². The first-order chi connectivity index (χ1) is 21.3. The van der Waals surface area contributed by atoms with E-state index in [1.165, 1.54) is 33.8 Å². The second-order valence-electron chi connectivity index (χ2n) is 11.6. The normalized spacial score (nSPS) is 12.8. The zero-order valence-electron chi connectivity index (χ0n) is 24.0. The van der Waals surface area contributed by atoms with Gasteiger partial charge in [-0.05, 0) is 91.0 Å². The van der Waals surface area contributed by atoms with Crippen LogP contribution in [-0.2, 0) is 10.4 Å². The van der Waals surface area contributed by atoms with Gasteiger partial charge in [0.25, 0.3) is 0 Å². The highest BCUT2D eigenvalue weighted by atomic mass is 32.3. The molecule has 0 spiro atoms. The maximum absolute atomic E-state index is 12.1. The Balaban J connectivity index is 1.58. The van der Waals surface area contributed by atoms with Gasteiger partial charge in [-0.1, -0.05) is 72.8 Å². The Morgan fingerprint density at radius 2 is 0.932 bits per heavy atom. The molecule has 0 radical (unpaired) electrons. The number of hydrogen-bond donors (Lipinski definition) is 1. The first-order valence-electron chi connectivity index (χ1n) is 14.3. The molecule has 9 rings (SSSR count). The number of aryl methyl sites for hydroxylation is 2. The van der Waals surface area contributed by atoms with E-state index in [9.17, 15) is 13.0 Å². The third kappa shape index (κ3) is 3.26. The highest BCUT2D eigenvalue weighted by molar-refractivity contribution is 7.94. The lowest BCUT2D eigenvalue weighted by atomic mass is 9.81. The topological polar surface area (TPSA) is 72.8 Å². The van der Waals surface area contributed by atoms with Crippen molar-refractivity contribution in [2.24, 2.45) is 0 Å². The number of hydrogen-bond acceptors (Lipinski definition) is 5. The van der Waals surface area contributed by atoms with Crippen LogP contribution < -0.4 is 8.37 Å². The van der Waals surface area contributed by atoms with E-state index in [0.717, 1.165) is 70.6 Å². The summed E-state index contributed by atoms with van der Waals surface area (Å²) in [5.74, 6) is 1.00. The van der Waals surface area contributed by atoms with E-state index in [1.807, 2.05) is 36.6 Å². The Labute approximate surface area is 256 Å². The summed E-state index contributed by atoms with van der Waals surface area (Å²) in [6.07, 6.45) is 1.94. The minimum atomic E-state index is -4.77. The molecule has 0 unspecified atom stereocenters. The van der Waals surface area contributed by atoms with Crippen molar-refractivity contribution < 1.29 is 21.3 Å². The highest BCUT2D eigenvalue weighted by Crippen LogP contribution is 2.52. The Morgan fingerprint density at radius 3 is 1.41 bits per heavy atom. The molecule has 0 aliphatic heterocycles. The Bertz CT molecular complexity index is 2800. The van der Waals surface area contributed by atoms with Crippen molar-refractivity contribution in [3.63, 3.8) is 0 Å². The summed E-state index contributed by atoms with van der Waals surface area (Å²) in [5.41, 5.74) is 2.25. The second kappa shape index (κ2) is 8.76. The quantitative estimate of drug-likeness (QED) is 0.0923. The Hall–Kier alpha value is -4.56. The van der Waals surface area contributed by atoms with Gasteiger partial charge in [0.05, 0.1) is 12.0 Å². The molecule has 214 valence electrons. The summed E-state index contributed by atoms with van der Waals surface area (Å²) >= 11 is 1.35. The maximum atomic E-state index is 12.1. The van der Waals surface area contributed by atoms with E-state index in [2.05, 4.69) is 68.4 Å². The molecule has 5 nitrogen and oxygen atoms in total. The largest absolute Gasteiger partial charge is 0.446 e. The van der Waals surface area contributed by atoms with Gasteiger partial charge in [-0.3, -0.25) is 4.55 Å². The fourth-order valence-corrected chi connectivity index (χ4v) is 8.54. The molecule has 0 amide bonds. The molecule has 0 aliphatic rings. The summed E-state index contributed by atoms with van der Waals surface area (Å²) < 4.78 is 45.6. The standard InChI is InChI=1S/C37H24O5S2/c1-18-16-28-23-13-15-27-35-31(21-9-5-7-11-25(21)37(27)42-44(38,39)40)19(2)17-29(33(23)35)22-12-14-26-34(32(22)28)30(18)20-8-4-6-10-24(20)36(26)41-43-3/h4-17H,1-3H3,(H,38,39,40). The van der Waals surface area contributed by atoms with E-state index in [-0.39, 0.29) is 5.75 Å². The monoisotopic (exact) mass is 612 g/mol. The molecule has 9 aromatic rings. The number of benzene rings is 9. The predicted octanol–water partition coefficient (Wildman–Crippen LogP) is 10.2. The smallest absolute Gasteiger partial charge is 0.425 e. The van der Waals surface area contributed by atoms with Crippen LogP contribution in [0.15, 0.2) is 84.9 Å². The summed E-state index contributed by atoms with van der Waals surface area (Å²) in [6, 6.07) is 29.0. The summed E-state index contributed by atoms with van der Waals surface area (Å²) in [7, 11) is -4.77. The van der Waals surface area contributed by atoms with Crippen molar-refractivity contribution in [1.82, 2.24) is 0 Å². The van der Waals surface area contributed by atoms with E-state index in [1.54, 1.807) is 0 Å². The van der Waals surface area contributed by atoms with Gasteiger partial charge in [0.15, 0.2) is 11.5 Å². The van der Waals surface area contributed by atoms with Crippen LogP contribution in [0.1, 0.15) is 11.1 Å². The second-order valence-corrected chi connectivity index (χ2v) is 13.1. The van der Waals surface area contributed by atoms with Crippen molar-refractivity contribution >= 4 is 109 Å². The van der Waals surface area contributed by atoms with Crippen molar-refractivity contribution in [1.29, 1.82) is 0 Å².